The third-order valence-electron chi connectivity index (χ3n) is 3.74. The van der Waals surface area contributed by atoms with E-state index in [4.69, 9.17) is 5.73 Å². The molecule has 1 amide bonds. The van der Waals surface area contributed by atoms with Gasteiger partial charge in [-0.3, -0.25) is 4.79 Å². The lowest BCUT2D eigenvalue weighted by molar-refractivity contribution is -0.137. The zero-order valence-corrected chi connectivity index (χ0v) is 10.4. The summed E-state index contributed by atoms with van der Waals surface area (Å²) in [6, 6.07) is 0.173. The van der Waals surface area contributed by atoms with Gasteiger partial charge in [0, 0.05) is 25.7 Å². The lowest BCUT2D eigenvalue weighted by atomic mass is 9.95. The number of nitrogens with two attached hydrogens (primary N) is 1. The Kier molecular flexibility index (Phi) is 3.50. The van der Waals surface area contributed by atoms with E-state index in [2.05, 4.69) is 18.9 Å². The molecule has 4 nitrogen and oxygen atoms in total. The number of likely N-dealkylation sites (tertiary alicyclic amines) is 2. The van der Waals surface area contributed by atoms with Gasteiger partial charge in [-0.05, 0) is 32.4 Å². The monoisotopic (exact) mass is 225 g/mol. The summed E-state index contributed by atoms with van der Waals surface area (Å²) < 4.78 is 0. The maximum absolute atomic E-state index is 12.3. The topological polar surface area (TPSA) is 49.6 Å². The first-order chi connectivity index (χ1) is 7.56. The first kappa shape index (κ1) is 11.9. The number of carbonyl (C=O) groups excluding carboxylic acids is 1. The summed E-state index contributed by atoms with van der Waals surface area (Å²) in [6.07, 6.45) is 2.06. The van der Waals surface area contributed by atoms with E-state index in [-0.39, 0.29) is 12.0 Å². The van der Waals surface area contributed by atoms with Crippen LogP contribution in [-0.4, -0.2) is 55.0 Å². The van der Waals surface area contributed by atoms with Gasteiger partial charge in [-0.1, -0.05) is 6.92 Å². The summed E-state index contributed by atoms with van der Waals surface area (Å²) in [4.78, 5) is 16.5. The quantitative estimate of drug-likeness (QED) is 0.690. The van der Waals surface area contributed by atoms with Crippen molar-refractivity contribution in [3.05, 3.63) is 0 Å². The summed E-state index contributed by atoms with van der Waals surface area (Å²) >= 11 is 0. The second-order valence-corrected chi connectivity index (χ2v) is 5.59. The number of carbonyl (C=O) groups is 1. The van der Waals surface area contributed by atoms with Crippen molar-refractivity contribution < 1.29 is 4.79 Å². The van der Waals surface area contributed by atoms with E-state index in [0.29, 0.717) is 11.8 Å². The van der Waals surface area contributed by atoms with Gasteiger partial charge in [0.05, 0.1) is 5.92 Å². The van der Waals surface area contributed by atoms with Gasteiger partial charge in [-0.2, -0.15) is 0 Å². The van der Waals surface area contributed by atoms with E-state index in [1.54, 1.807) is 0 Å². The van der Waals surface area contributed by atoms with E-state index >= 15 is 0 Å². The van der Waals surface area contributed by atoms with E-state index < -0.39 is 0 Å². The minimum Gasteiger partial charge on any atom is -0.341 e. The lowest BCUT2D eigenvalue weighted by Gasteiger charge is -2.36. The van der Waals surface area contributed by atoms with E-state index in [1.165, 1.54) is 0 Å². The van der Waals surface area contributed by atoms with Crippen LogP contribution in [-0.2, 0) is 4.79 Å². The molecule has 2 aliphatic rings. The molecule has 0 radical (unpaired) electrons. The van der Waals surface area contributed by atoms with Crippen LogP contribution in [0, 0.1) is 11.8 Å². The van der Waals surface area contributed by atoms with Gasteiger partial charge in [0.2, 0.25) is 5.91 Å². The third-order valence-corrected chi connectivity index (χ3v) is 3.74. The van der Waals surface area contributed by atoms with Gasteiger partial charge in [0.25, 0.3) is 0 Å². The van der Waals surface area contributed by atoms with Crippen LogP contribution in [0.25, 0.3) is 0 Å². The zero-order valence-electron chi connectivity index (χ0n) is 10.4. The number of amides is 1. The second-order valence-electron chi connectivity index (χ2n) is 5.59. The van der Waals surface area contributed by atoms with Crippen LogP contribution in [0.4, 0.5) is 0 Å². The fraction of sp³-hybridized carbons (Fsp3) is 0.917. The Morgan fingerprint density at radius 3 is 2.62 bits per heavy atom. The molecule has 2 N–H and O–H groups in total. The Morgan fingerprint density at radius 1 is 1.31 bits per heavy atom. The van der Waals surface area contributed by atoms with Crippen LogP contribution < -0.4 is 5.73 Å². The van der Waals surface area contributed by atoms with Gasteiger partial charge in [-0.15, -0.1) is 0 Å². The first-order valence-electron chi connectivity index (χ1n) is 6.29. The highest BCUT2D eigenvalue weighted by atomic mass is 16.2. The Labute approximate surface area is 97.8 Å². The van der Waals surface area contributed by atoms with Crippen molar-refractivity contribution in [3.63, 3.8) is 0 Å². The van der Waals surface area contributed by atoms with Crippen LogP contribution in [0.2, 0.25) is 0 Å². The minimum atomic E-state index is 0.173. The fourth-order valence-corrected chi connectivity index (χ4v) is 2.97. The normalized spacial score (nSPS) is 36.7. The number of rotatable bonds is 1. The molecule has 4 heteroatoms. The molecule has 0 bridgehead atoms. The van der Waals surface area contributed by atoms with Crippen molar-refractivity contribution in [2.45, 2.75) is 25.8 Å². The average Bonchev–Trinajstić information content (AvgIpc) is 2.62. The smallest absolute Gasteiger partial charge is 0.227 e. The molecule has 2 rings (SSSR count). The highest BCUT2D eigenvalue weighted by molar-refractivity contribution is 5.79. The lowest BCUT2D eigenvalue weighted by Crippen LogP contribution is -2.50. The molecular formula is C12H23N3O. The van der Waals surface area contributed by atoms with Crippen molar-refractivity contribution in [2.75, 3.05) is 33.2 Å². The van der Waals surface area contributed by atoms with E-state index in [9.17, 15) is 4.79 Å². The Bertz CT molecular complexity index is 259. The maximum atomic E-state index is 12.3. The van der Waals surface area contributed by atoms with Gasteiger partial charge >= 0.3 is 0 Å². The van der Waals surface area contributed by atoms with Crippen molar-refractivity contribution >= 4 is 5.91 Å². The summed E-state index contributed by atoms with van der Waals surface area (Å²) in [5.74, 6) is 1.08. The molecule has 2 saturated heterocycles. The molecule has 2 heterocycles. The molecular weight excluding hydrogens is 202 g/mol. The molecule has 0 aromatic rings. The number of hydrogen-bond donors (Lipinski definition) is 1. The predicted octanol–water partition coefficient (Wildman–Crippen LogP) is 0.134. The molecule has 92 valence electrons. The molecule has 3 unspecified atom stereocenters. The number of hydrogen-bond acceptors (Lipinski definition) is 3. The summed E-state index contributed by atoms with van der Waals surface area (Å²) in [5, 5.41) is 0. The van der Waals surface area contributed by atoms with Crippen LogP contribution in [0.3, 0.4) is 0 Å². The number of nitrogens with zero attached hydrogens (tertiary/aromatic N) is 2. The second kappa shape index (κ2) is 4.72. The van der Waals surface area contributed by atoms with Crippen LogP contribution in [0.1, 0.15) is 19.8 Å². The summed E-state index contributed by atoms with van der Waals surface area (Å²) in [7, 11) is 2.08. The van der Waals surface area contributed by atoms with Gasteiger partial charge in [0.15, 0.2) is 0 Å². The third kappa shape index (κ3) is 2.55. The standard InChI is InChI=1S/C12H23N3O/c1-9-5-11(13)8-15(6-9)12(16)10-3-4-14(2)7-10/h9-11H,3-8,13H2,1-2H3. The molecule has 0 saturated carbocycles. The molecule has 2 aliphatic heterocycles. The molecule has 0 spiro atoms. The first-order valence-corrected chi connectivity index (χ1v) is 6.29. The van der Waals surface area contributed by atoms with E-state index in [0.717, 1.165) is 39.0 Å². The summed E-state index contributed by atoms with van der Waals surface area (Å²) in [6.45, 7) is 5.79. The maximum Gasteiger partial charge on any atom is 0.227 e. The van der Waals surface area contributed by atoms with Crippen molar-refractivity contribution in [2.24, 2.45) is 17.6 Å². The Morgan fingerprint density at radius 2 is 2.06 bits per heavy atom. The van der Waals surface area contributed by atoms with Gasteiger partial charge < -0.3 is 15.5 Å². The molecule has 0 aromatic heterocycles. The summed E-state index contributed by atoms with van der Waals surface area (Å²) in [5.41, 5.74) is 5.98. The number of piperidine rings is 1. The molecule has 0 aliphatic carbocycles. The molecule has 0 aromatic carbocycles. The predicted molar refractivity (Wildman–Crippen MR) is 63.9 cm³/mol. The molecule has 16 heavy (non-hydrogen) atoms. The minimum absolute atomic E-state index is 0.173. The van der Waals surface area contributed by atoms with Gasteiger partial charge in [-0.25, -0.2) is 0 Å². The van der Waals surface area contributed by atoms with Crippen LogP contribution >= 0.6 is 0 Å². The van der Waals surface area contributed by atoms with Gasteiger partial charge in [0.1, 0.15) is 0 Å². The van der Waals surface area contributed by atoms with Crippen molar-refractivity contribution in [1.82, 2.24) is 9.80 Å². The van der Waals surface area contributed by atoms with Crippen molar-refractivity contribution in [3.8, 4) is 0 Å². The highest BCUT2D eigenvalue weighted by Gasteiger charge is 2.33. The van der Waals surface area contributed by atoms with Crippen LogP contribution in [0.15, 0.2) is 0 Å². The largest absolute Gasteiger partial charge is 0.341 e. The van der Waals surface area contributed by atoms with Crippen molar-refractivity contribution in [1.29, 1.82) is 0 Å². The average molecular weight is 225 g/mol. The molecule has 3 atom stereocenters. The Balaban J connectivity index is 1.93. The van der Waals surface area contributed by atoms with E-state index in [1.807, 2.05) is 4.90 Å². The van der Waals surface area contributed by atoms with Crippen LogP contribution in [0.5, 0.6) is 0 Å². The Hall–Kier alpha value is -0.610. The highest BCUT2D eigenvalue weighted by Crippen LogP contribution is 2.21. The fourth-order valence-electron chi connectivity index (χ4n) is 2.97. The zero-order chi connectivity index (χ0) is 11.7. The SMILES string of the molecule is CC1CC(N)CN(C(=O)C2CCN(C)C2)C1. The molecule has 2 fully saturated rings.